The predicted octanol–water partition coefficient (Wildman–Crippen LogP) is 4.59. The van der Waals surface area contributed by atoms with Crippen LogP contribution < -0.4 is 5.32 Å². The van der Waals surface area contributed by atoms with E-state index in [1.807, 2.05) is 25.1 Å². The Balaban J connectivity index is 1.86. The van der Waals surface area contributed by atoms with Crippen molar-refractivity contribution in [2.75, 3.05) is 0 Å². The molecule has 0 saturated heterocycles. The van der Waals surface area contributed by atoms with Gasteiger partial charge in [-0.1, -0.05) is 29.8 Å². The van der Waals surface area contributed by atoms with Crippen molar-refractivity contribution in [3.8, 4) is 0 Å². The first-order chi connectivity index (χ1) is 11.4. The average Bonchev–Trinajstić information content (AvgIpc) is 2.79. The lowest BCUT2D eigenvalue weighted by Crippen LogP contribution is -2.26. The minimum absolute atomic E-state index is 0.0209. The second kappa shape index (κ2) is 6.16. The molecule has 0 fully saturated rings. The molecule has 3 rings (SSSR count). The zero-order chi connectivity index (χ0) is 17.4. The third kappa shape index (κ3) is 2.82. The van der Waals surface area contributed by atoms with Crippen LogP contribution in [0.3, 0.4) is 0 Å². The van der Waals surface area contributed by atoms with Gasteiger partial charge in [-0.2, -0.15) is 0 Å². The minimum Gasteiger partial charge on any atom is -0.348 e. The van der Waals surface area contributed by atoms with Gasteiger partial charge in [0.05, 0.1) is 6.04 Å². The zero-order valence-corrected chi connectivity index (χ0v) is 15.0. The first-order valence-corrected chi connectivity index (χ1v) is 8.31. The van der Waals surface area contributed by atoms with Crippen LogP contribution in [0.4, 0.5) is 0 Å². The first-order valence-electron chi connectivity index (χ1n) is 8.31. The maximum Gasteiger partial charge on any atom is 0.251 e. The van der Waals surface area contributed by atoms with Gasteiger partial charge in [-0.15, -0.1) is 0 Å². The molecule has 124 valence electrons. The number of aryl methyl sites for hydroxylation is 3. The van der Waals surface area contributed by atoms with E-state index in [2.05, 4.69) is 62.0 Å². The summed E-state index contributed by atoms with van der Waals surface area (Å²) in [6.45, 7) is 8.29. The maximum atomic E-state index is 12.6. The van der Waals surface area contributed by atoms with Gasteiger partial charge in [0.1, 0.15) is 0 Å². The molecule has 1 unspecified atom stereocenters. The zero-order valence-electron chi connectivity index (χ0n) is 15.0. The van der Waals surface area contributed by atoms with E-state index >= 15 is 0 Å². The number of fused-ring (bicyclic) bond motifs is 1. The van der Waals surface area contributed by atoms with Crippen molar-refractivity contribution in [2.24, 2.45) is 7.05 Å². The largest absolute Gasteiger partial charge is 0.348 e. The Hall–Kier alpha value is -2.55. The van der Waals surface area contributed by atoms with E-state index in [9.17, 15) is 4.79 Å². The van der Waals surface area contributed by atoms with Crippen LogP contribution in [-0.4, -0.2) is 10.5 Å². The molecule has 0 spiro atoms. The summed E-state index contributed by atoms with van der Waals surface area (Å²) in [5.41, 5.74) is 6.66. The lowest BCUT2D eigenvalue weighted by atomic mass is 10.1. The van der Waals surface area contributed by atoms with Crippen LogP contribution in [0.2, 0.25) is 0 Å². The molecule has 0 aliphatic heterocycles. The van der Waals surface area contributed by atoms with Crippen LogP contribution in [0.1, 0.15) is 45.7 Å². The Morgan fingerprint density at radius 2 is 1.71 bits per heavy atom. The van der Waals surface area contributed by atoms with Crippen LogP contribution in [0.15, 0.2) is 42.5 Å². The smallest absolute Gasteiger partial charge is 0.251 e. The second-order valence-corrected chi connectivity index (χ2v) is 6.61. The van der Waals surface area contributed by atoms with Crippen molar-refractivity contribution in [2.45, 2.75) is 33.7 Å². The molecule has 24 heavy (non-hydrogen) atoms. The fourth-order valence-electron chi connectivity index (χ4n) is 3.12. The number of carbonyl (C=O) groups excluding carboxylic acids is 1. The fraction of sp³-hybridized carbons (Fsp3) is 0.286. The monoisotopic (exact) mass is 320 g/mol. The highest BCUT2D eigenvalue weighted by Crippen LogP contribution is 2.25. The Morgan fingerprint density at radius 1 is 1.04 bits per heavy atom. The van der Waals surface area contributed by atoms with E-state index in [4.69, 9.17) is 0 Å². The molecular formula is C21H24N2O. The molecule has 0 aliphatic rings. The molecule has 3 aromatic rings. The quantitative estimate of drug-likeness (QED) is 0.752. The highest BCUT2D eigenvalue weighted by atomic mass is 16.1. The molecule has 3 heteroatoms. The number of nitrogens with one attached hydrogen (secondary N) is 1. The van der Waals surface area contributed by atoms with Gasteiger partial charge in [0.2, 0.25) is 0 Å². The third-order valence-electron chi connectivity index (χ3n) is 4.99. The SMILES string of the molecule is Cc1ccc(C(C)NC(=O)c2ccc3c(c2)c(C)c(C)n3C)cc1. The third-order valence-corrected chi connectivity index (χ3v) is 4.99. The van der Waals surface area contributed by atoms with Crippen molar-refractivity contribution < 1.29 is 4.79 Å². The van der Waals surface area contributed by atoms with Gasteiger partial charge in [-0.3, -0.25) is 4.79 Å². The number of rotatable bonds is 3. The predicted molar refractivity (Wildman–Crippen MR) is 99.5 cm³/mol. The van der Waals surface area contributed by atoms with Crippen molar-refractivity contribution in [3.63, 3.8) is 0 Å². The van der Waals surface area contributed by atoms with E-state index < -0.39 is 0 Å². The number of amides is 1. The number of aromatic nitrogens is 1. The summed E-state index contributed by atoms with van der Waals surface area (Å²) < 4.78 is 2.17. The van der Waals surface area contributed by atoms with Crippen LogP contribution in [0.5, 0.6) is 0 Å². The molecule has 0 saturated carbocycles. The van der Waals surface area contributed by atoms with Crippen LogP contribution in [0.25, 0.3) is 10.9 Å². The topological polar surface area (TPSA) is 34.0 Å². The summed E-state index contributed by atoms with van der Waals surface area (Å²) in [5, 5.41) is 4.24. The number of benzene rings is 2. The first kappa shape index (κ1) is 16.3. The standard InChI is InChI=1S/C21H24N2O/c1-13-6-8-17(9-7-13)15(3)22-21(24)18-10-11-20-19(12-18)14(2)16(4)23(20)5/h6-12,15H,1-5H3,(H,22,24). The van der Waals surface area contributed by atoms with Crippen molar-refractivity contribution >= 4 is 16.8 Å². The summed E-state index contributed by atoms with van der Waals surface area (Å²) in [6, 6.07) is 14.2. The van der Waals surface area contributed by atoms with Gasteiger partial charge in [-0.25, -0.2) is 0 Å². The second-order valence-electron chi connectivity index (χ2n) is 6.61. The molecule has 0 aliphatic carbocycles. The molecular weight excluding hydrogens is 296 g/mol. The Labute approximate surface area is 143 Å². The van der Waals surface area contributed by atoms with Gasteiger partial charge in [0.15, 0.2) is 0 Å². The number of carbonyl (C=O) groups is 1. The normalized spacial score (nSPS) is 12.4. The molecule has 1 amide bonds. The Bertz CT molecular complexity index is 904. The number of hydrogen-bond donors (Lipinski definition) is 1. The molecule has 1 aromatic heterocycles. The van der Waals surface area contributed by atoms with Gasteiger partial charge < -0.3 is 9.88 Å². The summed E-state index contributed by atoms with van der Waals surface area (Å²) in [7, 11) is 2.06. The number of hydrogen-bond acceptors (Lipinski definition) is 1. The van der Waals surface area contributed by atoms with Gasteiger partial charge in [-0.05, 0) is 57.0 Å². The maximum absolute atomic E-state index is 12.6. The van der Waals surface area contributed by atoms with Crippen LogP contribution in [0, 0.1) is 20.8 Å². The van der Waals surface area contributed by atoms with Crippen molar-refractivity contribution in [1.29, 1.82) is 0 Å². The molecule has 3 nitrogen and oxygen atoms in total. The van der Waals surface area contributed by atoms with Crippen molar-refractivity contribution in [3.05, 3.63) is 70.4 Å². The van der Waals surface area contributed by atoms with Gasteiger partial charge >= 0.3 is 0 Å². The summed E-state index contributed by atoms with van der Waals surface area (Å²) in [6.07, 6.45) is 0. The molecule has 1 atom stereocenters. The summed E-state index contributed by atoms with van der Waals surface area (Å²) >= 11 is 0. The Morgan fingerprint density at radius 3 is 2.38 bits per heavy atom. The van der Waals surface area contributed by atoms with E-state index in [-0.39, 0.29) is 11.9 Å². The fourth-order valence-corrected chi connectivity index (χ4v) is 3.12. The van der Waals surface area contributed by atoms with E-state index in [0.29, 0.717) is 5.56 Å². The van der Waals surface area contributed by atoms with Crippen LogP contribution >= 0.6 is 0 Å². The molecule has 1 heterocycles. The van der Waals surface area contributed by atoms with Crippen molar-refractivity contribution in [1.82, 2.24) is 9.88 Å². The highest BCUT2D eigenvalue weighted by molar-refractivity contribution is 5.99. The average molecular weight is 320 g/mol. The molecule has 0 bridgehead atoms. The lowest BCUT2D eigenvalue weighted by molar-refractivity contribution is 0.0940. The van der Waals surface area contributed by atoms with Crippen LogP contribution in [-0.2, 0) is 7.05 Å². The number of nitrogens with zero attached hydrogens (tertiary/aromatic N) is 1. The van der Waals surface area contributed by atoms with Gasteiger partial charge in [0, 0.05) is 29.2 Å². The van der Waals surface area contributed by atoms with E-state index in [0.717, 1.165) is 16.5 Å². The Kier molecular flexibility index (Phi) is 4.18. The summed E-state index contributed by atoms with van der Waals surface area (Å²) in [5.74, 6) is -0.0362. The molecule has 0 radical (unpaired) electrons. The highest BCUT2D eigenvalue weighted by Gasteiger charge is 2.14. The summed E-state index contributed by atoms with van der Waals surface area (Å²) in [4.78, 5) is 12.6. The lowest BCUT2D eigenvalue weighted by Gasteiger charge is -2.15. The molecule has 1 N–H and O–H groups in total. The molecule has 2 aromatic carbocycles. The van der Waals surface area contributed by atoms with E-state index in [1.54, 1.807) is 0 Å². The van der Waals surface area contributed by atoms with E-state index in [1.165, 1.54) is 16.8 Å². The van der Waals surface area contributed by atoms with Gasteiger partial charge in [0.25, 0.3) is 5.91 Å². The minimum atomic E-state index is -0.0362.